The zero-order chi connectivity index (χ0) is 47.0. The Hall–Kier alpha value is -8.34. The molecule has 0 aliphatic rings. The van der Waals surface area contributed by atoms with Gasteiger partial charge in [-0.15, -0.1) is 0 Å². The van der Waals surface area contributed by atoms with Crippen LogP contribution < -0.4 is 11.4 Å². The van der Waals surface area contributed by atoms with E-state index in [4.69, 9.17) is 26.3 Å². The zero-order valence-electron chi connectivity index (χ0n) is 38.7. The third-order valence-corrected chi connectivity index (χ3v) is 15.1. The molecule has 334 valence electrons. The SMILES string of the molecule is CC(c1ccccc1)c1ccc2ccccc2c1-c1ccnc2c([O][Al]([O]c3cccc4cccnc34)[O]c3ccc(-c4c(C(C)c5ccccc5)ccc5ccccc45)c4cccnc34)cccc12. The lowest BCUT2D eigenvalue weighted by Crippen LogP contribution is -2.37. The van der Waals surface area contributed by atoms with Crippen LogP contribution in [-0.2, 0) is 0 Å². The van der Waals surface area contributed by atoms with Crippen molar-refractivity contribution >= 4 is 69.4 Å². The van der Waals surface area contributed by atoms with E-state index in [1.54, 1.807) is 6.20 Å². The maximum Gasteiger partial charge on any atom is 1.20 e. The molecular weight excluding hydrogens is 874 g/mol. The Kier molecular flexibility index (Phi) is 11.4. The molecule has 0 aliphatic heterocycles. The summed E-state index contributed by atoms with van der Waals surface area (Å²) < 4.78 is 21.2. The van der Waals surface area contributed by atoms with Crippen LogP contribution in [0.5, 0.6) is 17.2 Å². The highest BCUT2D eigenvalue weighted by Crippen LogP contribution is 2.45. The van der Waals surface area contributed by atoms with Gasteiger partial charge in [0, 0.05) is 46.6 Å². The topological polar surface area (TPSA) is 66.4 Å². The molecule has 2 unspecified atom stereocenters. The fraction of sp³-hybridized carbons (Fsp3) is 0.0635. The number of hydrogen-bond donors (Lipinski definition) is 0. The van der Waals surface area contributed by atoms with E-state index in [1.807, 2.05) is 67.0 Å². The van der Waals surface area contributed by atoms with E-state index < -0.39 is 15.1 Å². The molecule has 0 N–H and O–H groups in total. The van der Waals surface area contributed by atoms with Crippen molar-refractivity contribution in [3.63, 3.8) is 0 Å². The van der Waals surface area contributed by atoms with Gasteiger partial charge in [-0.3, -0.25) is 15.0 Å². The average Bonchev–Trinajstić information content (AvgIpc) is 3.42. The first kappa shape index (κ1) is 43.0. The minimum absolute atomic E-state index is 0.130. The van der Waals surface area contributed by atoms with E-state index >= 15 is 0 Å². The Morgan fingerprint density at radius 1 is 0.329 bits per heavy atom. The molecule has 0 bridgehead atoms. The number of benzene rings is 9. The highest BCUT2D eigenvalue weighted by molar-refractivity contribution is 6.40. The standard InChI is InChI=1S/2C27H21NO.C9H7NO.Al/c1-18(19-8-3-2-4-9-19)21-14-13-20-10-5-6-11-22(20)26(21)23-15-16-25(29)27-24(23)12-7-17-28-27;1-18(19-8-3-2-4-9-19)21-15-14-20-10-5-6-11-22(20)26(21)23-16-17-28-27-24(23)12-7-13-25(27)29;11-8-5-1-3-7-4-2-6-10-9(7)8;/h2*2-18,29H,1H3;1-6,11H;/q;;;+3/p-3. The predicted molar refractivity (Wildman–Crippen MR) is 287 cm³/mol. The predicted octanol–water partition coefficient (Wildman–Crippen LogP) is 15.8. The summed E-state index contributed by atoms with van der Waals surface area (Å²) in [5.74, 6) is 1.96. The van der Waals surface area contributed by atoms with Crippen LogP contribution in [0.3, 0.4) is 0 Å². The number of rotatable bonds is 12. The van der Waals surface area contributed by atoms with E-state index in [0.29, 0.717) is 28.3 Å². The van der Waals surface area contributed by atoms with Crippen LogP contribution in [0.2, 0.25) is 0 Å². The van der Waals surface area contributed by atoms with Crippen LogP contribution in [-0.4, -0.2) is 30.1 Å². The van der Waals surface area contributed by atoms with Crippen molar-refractivity contribution in [1.29, 1.82) is 0 Å². The van der Waals surface area contributed by atoms with Gasteiger partial charge in [0.2, 0.25) is 0 Å². The van der Waals surface area contributed by atoms with Gasteiger partial charge in [-0.1, -0.05) is 190 Å². The molecule has 0 radical (unpaired) electrons. The number of pyridine rings is 3. The average molecular weight is 920 g/mol. The quantitative estimate of drug-likeness (QED) is 0.114. The van der Waals surface area contributed by atoms with Crippen molar-refractivity contribution in [2.24, 2.45) is 0 Å². The minimum atomic E-state index is -3.25. The van der Waals surface area contributed by atoms with Crippen molar-refractivity contribution in [3.05, 3.63) is 253 Å². The molecule has 70 heavy (non-hydrogen) atoms. The summed E-state index contributed by atoms with van der Waals surface area (Å²) in [6.45, 7) is 4.57. The number of nitrogens with zero attached hydrogens (tertiary/aromatic N) is 3. The summed E-state index contributed by atoms with van der Waals surface area (Å²) in [6, 6.07) is 74.1. The fourth-order valence-corrected chi connectivity index (χ4v) is 11.6. The summed E-state index contributed by atoms with van der Waals surface area (Å²) in [6.07, 6.45) is 5.48. The van der Waals surface area contributed by atoms with Crippen LogP contribution in [0.25, 0.3) is 76.5 Å². The van der Waals surface area contributed by atoms with Crippen molar-refractivity contribution in [2.45, 2.75) is 25.7 Å². The number of para-hydroxylation sites is 2. The van der Waals surface area contributed by atoms with Crippen LogP contribution in [0.15, 0.2) is 231 Å². The van der Waals surface area contributed by atoms with Gasteiger partial charge in [-0.05, 0) is 102 Å². The van der Waals surface area contributed by atoms with E-state index in [1.165, 1.54) is 54.9 Å². The first-order chi connectivity index (χ1) is 34.6. The number of aromatic nitrogens is 3. The highest BCUT2D eigenvalue weighted by Gasteiger charge is 2.46. The first-order valence-electron chi connectivity index (χ1n) is 23.8. The first-order valence-corrected chi connectivity index (χ1v) is 25.2. The summed E-state index contributed by atoms with van der Waals surface area (Å²) in [5.41, 5.74) is 11.6. The second-order valence-electron chi connectivity index (χ2n) is 17.8. The molecule has 3 heterocycles. The van der Waals surface area contributed by atoms with Crippen molar-refractivity contribution < 1.29 is 11.4 Å². The minimum Gasteiger partial charge on any atom is -0.576 e. The molecule has 0 saturated carbocycles. The third kappa shape index (κ3) is 7.95. The Labute approximate surface area is 411 Å². The number of fused-ring (bicyclic) bond motifs is 5. The zero-order valence-corrected chi connectivity index (χ0v) is 39.9. The van der Waals surface area contributed by atoms with Gasteiger partial charge in [0.15, 0.2) is 0 Å². The van der Waals surface area contributed by atoms with Gasteiger partial charge in [0.25, 0.3) is 0 Å². The maximum atomic E-state index is 7.11. The van der Waals surface area contributed by atoms with E-state index in [2.05, 4.69) is 172 Å². The van der Waals surface area contributed by atoms with Gasteiger partial charge >= 0.3 is 15.1 Å². The molecule has 2 atom stereocenters. The summed E-state index contributed by atoms with van der Waals surface area (Å²) >= 11 is -3.25. The molecule has 6 nitrogen and oxygen atoms in total. The van der Waals surface area contributed by atoms with Crippen molar-refractivity contribution in [3.8, 4) is 39.5 Å². The third-order valence-electron chi connectivity index (χ3n) is 13.7. The molecule has 0 fully saturated rings. The summed E-state index contributed by atoms with van der Waals surface area (Å²) in [4.78, 5) is 14.8. The summed E-state index contributed by atoms with van der Waals surface area (Å²) in [5, 5.41) is 7.58. The van der Waals surface area contributed by atoms with E-state index in [-0.39, 0.29) is 11.8 Å². The molecule has 9 aromatic carbocycles. The van der Waals surface area contributed by atoms with E-state index in [0.717, 1.165) is 32.8 Å². The highest BCUT2D eigenvalue weighted by atomic mass is 27.3. The normalized spacial score (nSPS) is 12.3. The molecule has 0 spiro atoms. The van der Waals surface area contributed by atoms with Gasteiger partial charge in [0.1, 0.15) is 33.8 Å². The van der Waals surface area contributed by atoms with Gasteiger partial charge in [0.05, 0.1) is 0 Å². The second-order valence-corrected chi connectivity index (χ2v) is 19.0. The Balaban J connectivity index is 0.990. The Bertz CT molecular complexity index is 3710. The van der Waals surface area contributed by atoms with Gasteiger partial charge in [-0.25, -0.2) is 0 Å². The molecule has 12 rings (SSSR count). The van der Waals surface area contributed by atoms with Crippen LogP contribution in [0, 0.1) is 0 Å². The molecule has 7 heteroatoms. The Morgan fingerprint density at radius 2 is 0.757 bits per heavy atom. The van der Waals surface area contributed by atoms with Gasteiger partial charge in [-0.2, -0.15) is 0 Å². The smallest absolute Gasteiger partial charge is 0.576 e. The Morgan fingerprint density at radius 3 is 1.37 bits per heavy atom. The monoisotopic (exact) mass is 919 g/mol. The fourth-order valence-electron chi connectivity index (χ4n) is 10.2. The van der Waals surface area contributed by atoms with E-state index in [9.17, 15) is 0 Å². The van der Waals surface area contributed by atoms with Crippen molar-refractivity contribution in [2.75, 3.05) is 0 Å². The molecule has 12 aromatic rings. The molecular formula is C63H46AlN3O3. The van der Waals surface area contributed by atoms with Gasteiger partial charge < -0.3 is 11.4 Å². The molecule has 0 saturated heterocycles. The molecule has 0 aliphatic carbocycles. The molecule has 3 aromatic heterocycles. The maximum absolute atomic E-state index is 7.11. The molecule has 0 amide bonds. The lowest BCUT2D eigenvalue weighted by Gasteiger charge is -2.22. The van der Waals surface area contributed by atoms with Crippen LogP contribution >= 0.6 is 0 Å². The summed E-state index contributed by atoms with van der Waals surface area (Å²) in [7, 11) is 0. The van der Waals surface area contributed by atoms with Crippen LogP contribution in [0.4, 0.5) is 0 Å². The lowest BCUT2D eigenvalue weighted by molar-refractivity contribution is 0.311. The van der Waals surface area contributed by atoms with Crippen LogP contribution in [0.1, 0.15) is 47.9 Å². The second kappa shape index (κ2) is 18.6. The largest absolute Gasteiger partial charge is 1.20 e. The van der Waals surface area contributed by atoms with Crippen molar-refractivity contribution in [1.82, 2.24) is 15.0 Å². The lowest BCUT2D eigenvalue weighted by atomic mass is 9.83. The number of hydrogen-bond acceptors (Lipinski definition) is 6.